The molecule has 0 unspecified atom stereocenters. The van der Waals surface area contributed by atoms with E-state index in [1.807, 2.05) is 30.3 Å². The molecule has 0 aliphatic rings. The summed E-state index contributed by atoms with van der Waals surface area (Å²) >= 11 is -1.72. The second kappa shape index (κ2) is 11.7. The first-order chi connectivity index (χ1) is 6.34. The molecular formula is C9H11AlCl4MgO. The van der Waals surface area contributed by atoms with Crippen LogP contribution in [0.2, 0.25) is 0 Å². The molecule has 0 aliphatic heterocycles. The zero-order chi connectivity index (χ0) is 11.2. The SMILES string of the molecule is CC(C)([O-])c1ccccc1.[Cl-].[Cl][Al]([Cl])[Cl].[Mg+2]. The van der Waals surface area contributed by atoms with E-state index in [4.69, 9.17) is 30.1 Å². The number of hydrogen-bond donors (Lipinski definition) is 0. The van der Waals surface area contributed by atoms with Crippen molar-refractivity contribution in [3.63, 3.8) is 0 Å². The Balaban J connectivity index is -0.000000249. The van der Waals surface area contributed by atoms with E-state index in [1.165, 1.54) is 0 Å². The Labute approximate surface area is 136 Å². The maximum Gasteiger partial charge on any atom is 2.00 e. The molecule has 0 radical (unpaired) electrons. The Morgan fingerprint density at radius 3 is 1.56 bits per heavy atom. The summed E-state index contributed by atoms with van der Waals surface area (Å²) in [6.45, 7) is 3.34. The summed E-state index contributed by atoms with van der Waals surface area (Å²) in [7, 11) is 14.8. The summed E-state index contributed by atoms with van der Waals surface area (Å²) in [6, 6.07) is 9.39. The van der Waals surface area contributed by atoms with Gasteiger partial charge in [-0.3, -0.25) is 0 Å². The summed E-state index contributed by atoms with van der Waals surface area (Å²) in [5.74, 6) is 0. The van der Waals surface area contributed by atoms with Crippen LogP contribution in [0.15, 0.2) is 30.3 Å². The Morgan fingerprint density at radius 1 is 1.06 bits per heavy atom. The zero-order valence-corrected chi connectivity index (χ0v) is 14.7. The Kier molecular flexibility index (Phi) is 16.7. The molecule has 1 aromatic rings. The molecule has 1 nitrogen and oxygen atoms in total. The van der Waals surface area contributed by atoms with Gasteiger partial charge in [-0.25, -0.2) is 30.1 Å². The molecule has 0 amide bonds. The predicted octanol–water partition coefficient (Wildman–Crippen LogP) is -0.407. The van der Waals surface area contributed by atoms with Crippen molar-refractivity contribution in [2.24, 2.45) is 0 Å². The first-order valence-corrected chi connectivity index (χ1v) is 9.26. The number of hydrogen-bond acceptors (Lipinski definition) is 1. The summed E-state index contributed by atoms with van der Waals surface area (Å²) in [4.78, 5) is 0. The third kappa shape index (κ3) is 13.7. The van der Waals surface area contributed by atoms with E-state index in [9.17, 15) is 5.11 Å². The van der Waals surface area contributed by atoms with Crippen LogP contribution in [0.4, 0.5) is 0 Å². The van der Waals surface area contributed by atoms with Gasteiger partial charge in [-0.2, -0.15) is 0 Å². The van der Waals surface area contributed by atoms with Gasteiger partial charge in [-0.1, -0.05) is 55.3 Å². The fourth-order valence-corrected chi connectivity index (χ4v) is 0.840. The van der Waals surface area contributed by atoms with E-state index in [0.29, 0.717) is 0 Å². The molecule has 0 atom stereocenters. The van der Waals surface area contributed by atoms with Gasteiger partial charge in [0.1, 0.15) is 0 Å². The van der Waals surface area contributed by atoms with E-state index in [0.717, 1.165) is 5.56 Å². The van der Waals surface area contributed by atoms with Crippen LogP contribution in [0.3, 0.4) is 0 Å². The van der Waals surface area contributed by atoms with Crippen molar-refractivity contribution in [3.8, 4) is 0 Å². The minimum absolute atomic E-state index is 0. The van der Waals surface area contributed by atoms with Gasteiger partial charge < -0.3 is 17.5 Å². The van der Waals surface area contributed by atoms with E-state index >= 15 is 0 Å². The van der Waals surface area contributed by atoms with Crippen LogP contribution in [0, 0.1) is 0 Å². The van der Waals surface area contributed by atoms with Crippen molar-refractivity contribution in [3.05, 3.63) is 35.9 Å². The maximum absolute atomic E-state index is 11.3. The molecule has 1 rings (SSSR count). The van der Waals surface area contributed by atoms with Crippen LogP contribution in [0.5, 0.6) is 0 Å². The molecule has 86 valence electrons. The third-order valence-electron chi connectivity index (χ3n) is 1.47. The molecule has 0 fully saturated rings. The molecule has 0 saturated carbocycles. The van der Waals surface area contributed by atoms with Crippen LogP contribution >= 0.6 is 30.1 Å². The fraction of sp³-hybridized carbons (Fsp3) is 0.333. The van der Waals surface area contributed by atoms with Crippen LogP contribution in [-0.2, 0) is 5.60 Å². The average molecular weight is 328 g/mol. The topological polar surface area (TPSA) is 23.1 Å². The molecule has 0 bridgehead atoms. The van der Waals surface area contributed by atoms with Gasteiger partial charge in [0.05, 0.1) is 0 Å². The fourth-order valence-electron chi connectivity index (χ4n) is 0.840. The molecule has 0 spiro atoms. The summed E-state index contributed by atoms with van der Waals surface area (Å²) in [5, 5.41) is 11.3. The third-order valence-corrected chi connectivity index (χ3v) is 1.47. The zero-order valence-electron chi connectivity index (χ0n) is 9.09. The molecular weight excluding hydrogens is 317 g/mol. The maximum atomic E-state index is 11.3. The van der Waals surface area contributed by atoms with Crippen molar-refractivity contribution in [2.45, 2.75) is 19.4 Å². The Hall–Kier alpha value is 1.64. The quantitative estimate of drug-likeness (QED) is 0.643. The van der Waals surface area contributed by atoms with Gasteiger partial charge in [0, 0.05) is 0 Å². The van der Waals surface area contributed by atoms with Crippen LogP contribution < -0.4 is 17.5 Å². The monoisotopic (exact) mass is 326 g/mol. The normalized spacial score (nSPS) is 8.88. The number of halogens is 4. The van der Waals surface area contributed by atoms with Gasteiger partial charge in [0.2, 0.25) is 0 Å². The molecule has 0 aromatic heterocycles. The molecule has 7 heteroatoms. The number of rotatable bonds is 1. The van der Waals surface area contributed by atoms with Crippen molar-refractivity contribution in [2.75, 3.05) is 0 Å². The van der Waals surface area contributed by atoms with Crippen molar-refractivity contribution >= 4 is 64.6 Å². The van der Waals surface area contributed by atoms with Crippen LogP contribution in [-0.4, -0.2) is 34.4 Å². The predicted molar refractivity (Wildman–Crippen MR) is 68.5 cm³/mol. The Morgan fingerprint density at radius 2 is 1.38 bits per heavy atom. The summed E-state index contributed by atoms with van der Waals surface area (Å²) < 4.78 is 0. The molecule has 0 aliphatic carbocycles. The molecule has 0 N–H and O–H groups in total. The summed E-state index contributed by atoms with van der Waals surface area (Å²) in [5.41, 5.74) is -0.114. The van der Waals surface area contributed by atoms with Crippen molar-refractivity contribution < 1.29 is 17.5 Å². The summed E-state index contributed by atoms with van der Waals surface area (Å²) in [6.07, 6.45) is 0. The van der Waals surface area contributed by atoms with Gasteiger partial charge in [-0.05, 0) is 0 Å². The van der Waals surface area contributed by atoms with E-state index < -0.39 is 17.0 Å². The number of benzene rings is 1. The van der Waals surface area contributed by atoms with Gasteiger partial charge >= 0.3 is 34.4 Å². The molecule has 0 saturated heterocycles. The first kappa shape index (κ1) is 22.8. The van der Waals surface area contributed by atoms with E-state index in [1.54, 1.807) is 13.8 Å². The van der Waals surface area contributed by atoms with Gasteiger partial charge in [0.15, 0.2) is 0 Å². The van der Waals surface area contributed by atoms with Crippen molar-refractivity contribution in [1.29, 1.82) is 0 Å². The van der Waals surface area contributed by atoms with E-state index in [2.05, 4.69) is 0 Å². The minimum Gasteiger partial charge on any atom is -1.00 e. The molecule has 1 aromatic carbocycles. The smallest absolute Gasteiger partial charge is 1.00 e. The second-order valence-corrected chi connectivity index (χ2v) is 9.56. The largest absolute Gasteiger partial charge is 2.00 e. The first-order valence-electron chi connectivity index (χ1n) is 4.02. The molecule has 0 heterocycles. The Bertz CT molecular complexity index is 251. The second-order valence-electron chi connectivity index (χ2n) is 3.12. The minimum atomic E-state index is -1.72. The van der Waals surface area contributed by atoms with E-state index in [-0.39, 0.29) is 35.5 Å². The van der Waals surface area contributed by atoms with Gasteiger partial charge in [0.25, 0.3) is 0 Å². The average Bonchev–Trinajstić information content (AvgIpc) is 2.03. The molecule has 16 heavy (non-hydrogen) atoms. The van der Waals surface area contributed by atoms with Gasteiger partial charge in [-0.15, -0.1) is 0 Å². The van der Waals surface area contributed by atoms with Crippen LogP contribution in [0.25, 0.3) is 0 Å². The van der Waals surface area contributed by atoms with Crippen LogP contribution in [0.1, 0.15) is 19.4 Å². The van der Waals surface area contributed by atoms with Crippen molar-refractivity contribution in [1.82, 2.24) is 0 Å². The standard InChI is InChI=1S/C9H11O.Al.4ClH.Mg/c1-9(2,10)8-6-4-3-5-7-8;;;;;;/h3-7H,1-2H3;;4*1H;/q-1;+3;;;;;+2/p-4.